The zero-order valence-corrected chi connectivity index (χ0v) is 20.2. The summed E-state index contributed by atoms with van der Waals surface area (Å²) in [6.45, 7) is 0.471. The van der Waals surface area contributed by atoms with Gasteiger partial charge in [0.1, 0.15) is 23.5 Å². The van der Waals surface area contributed by atoms with E-state index in [1.165, 1.54) is 18.5 Å². The monoisotopic (exact) mass is 510 g/mol. The van der Waals surface area contributed by atoms with Crippen LogP contribution in [0.3, 0.4) is 0 Å². The van der Waals surface area contributed by atoms with Gasteiger partial charge in [-0.05, 0) is 42.8 Å². The summed E-state index contributed by atoms with van der Waals surface area (Å²) >= 11 is 7.45. The number of fused-ring (bicyclic) bond motifs is 2. The van der Waals surface area contributed by atoms with Crippen molar-refractivity contribution in [2.24, 2.45) is 0 Å². The van der Waals surface area contributed by atoms with E-state index >= 15 is 0 Å². The van der Waals surface area contributed by atoms with Crippen LogP contribution in [0.4, 0.5) is 15.9 Å². The summed E-state index contributed by atoms with van der Waals surface area (Å²) in [5, 5.41) is 4.56. The van der Waals surface area contributed by atoms with Gasteiger partial charge in [-0.2, -0.15) is 0 Å². The Hall–Kier alpha value is -3.56. The van der Waals surface area contributed by atoms with E-state index in [4.69, 9.17) is 25.5 Å². The van der Waals surface area contributed by atoms with Gasteiger partial charge in [0.05, 0.1) is 24.3 Å². The summed E-state index contributed by atoms with van der Waals surface area (Å²) < 4.78 is 30.8. The lowest BCUT2D eigenvalue weighted by Crippen LogP contribution is -2.02. The Labute approximate surface area is 209 Å². The molecule has 3 aromatic carbocycles. The standard InChI is InChI=1S/C25H20ClFN4O3S/c1-32-22-13-20-16(24(29-14-28-20)30-15-7-8-18(27)17(26)11-15)12-23(22)33-9-4-10-35-25-31-19-5-2-3-6-21(19)34-25/h2-3,5-8,11-14H,4,9-10H2,1H3,(H,28,29,30). The summed E-state index contributed by atoms with van der Waals surface area (Å²) in [4.78, 5) is 13.1. The number of hydrogen-bond donors (Lipinski definition) is 1. The number of aromatic nitrogens is 3. The second-order valence-corrected chi connectivity index (χ2v) is 8.95. The Kier molecular flexibility index (Phi) is 6.87. The van der Waals surface area contributed by atoms with Crippen molar-refractivity contribution in [3.05, 3.63) is 71.8 Å². The van der Waals surface area contributed by atoms with E-state index in [0.29, 0.717) is 40.4 Å². The minimum atomic E-state index is -0.487. The fourth-order valence-electron chi connectivity index (χ4n) is 3.46. The predicted octanol–water partition coefficient (Wildman–Crippen LogP) is 6.88. The molecule has 178 valence electrons. The summed E-state index contributed by atoms with van der Waals surface area (Å²) in [5.41, 5.74) is 2.90. The first-order valence-electron chi connectivity index (χ1n) is 10.8. The van der Waals surface area contributed by atoms with E-state index in [-0.39, 0.29) is 5.02 Å². The zero-order valence-electron chi connectivity index (χ0n) is 18.6. The first-order chi connectivity index (χ1) is 17.1. The van der Waals surface area contributed by atoms with Gasteiger partial charge in [0, 0.05) is 22.9 Å². The topological polar surface area (TPSA) is 82.3 Å². The van der Waals surface area contributed by atoms with Crippen molar-refractivity contribution in [2.45, 2.75) is 11.6 Å². The SMILES string of the molecule is COc1cc2ncnc(Nc3ccc(F)c(Cl)c3)c2cc1OCCCSc1nc2ccccc2o1. The number of nitrogens with one attached hydrogen (secondary N) is 1. The van der Waals surface area contributed by atoms with Crippen LogP contribution >= 0.6 is 23.4 Å². The van der Waals surface area contributed by atoms with Crippen molar-refractivity contribution in [1.29, 1.82) is 0 Å². The number of halogens is 2. The molecule has 0 atom stereocenters. The van der Waals surface area contributed by atoms with Crippen molar-refractivity contribution in [3.8, 4) is 11.5 Å². The van der Waals surface area contributed by atoms with Crippen LogP contribution in [-0.2, 0) is 0 Å². The maximum Gasteiger partial charge on any atom is 0.256 e. The smallest absolute Gasteiger partial charge is 0.256 e. The number of ether oxygens (including phenoxy) is 2. The van der Waals surface area contributed by atoms with Crippen molar-refractivity contribution in [3.63, 3.8) is 0 Å². The molecule has 0 amide bonds. The quantitative estimate of drug-likeness (QED) is 0.170. The second-order valence-electron chi connectivity index (χ2n) is 7.49. The number of methoxy groups -OCH3 is 1. The van der Waals surface area contributed by atoms with E-state index in [9.17, 15) is 4.39 Å². The molecule has 1 N–H and O–H groups in total. The van der Waals surface area contributed by atoms with E-state index < -0.39 is 5.82 Å². The molecule has 0 aliphatic rings. The van der Waals surface area contributed by atoms with Crippen LogP contribution in [0.15, 0.2) is 70.6 Å². The van der Waals surface area contributed by atoms with E-state index in [2.05, 4.69) is 20.3 Å². The molecule has 5 rings (SSSR count). The first kappa shape index (κ1) is 23.2. The molecule has 0 aliphatic heterocycles. The molecule has 0 radical (unpaired) electrons. The Morgan fingerprint density at radius 3 is 2.77 bits per heavy atom. The summed E-state index contributed by atoms with van der Waals surface area (Å²) in [6.07, 6.45) is 2.22. The van der Waals surface area contributed by atoms with Crippen LogP contribution in [-0.4, -0.2) is 34.4 Å². The molecule has 0 saturated carbocycles. The summed E-state index contributed by atoms with van der Waals surface area (Å²) in [6, 6.07) is 15.7. The Morgan fingerprint density at radius 1 is 1.06 bits per heavy atom. The average molecular weight is 511 g/mol. The molecular weight excluding hydrogens is 491 g/mol. The van der Waals surface area contributed by atoms with Gasteiger partial charge >= 0.3 is 0 Å². The summed E-state index contributed by atoms with van der Waals surface area (Å²) in [5.74, 6) is 1.97. The van der Waals surface area contributed by atoms with Gasteiger partial charge in [0.25, 0.3) is 5.22 Å². The number of nitrogens with zero attached hydrogens (tertiary/aromatic N) is 3. The predicted molar refractivity (Wildman–Crippen MR) is 136 cm³/mol. The fraction of sp³-hybridized carbons (Fsp3) is 0.160. The third kappa shape index (κ3) is 5.26. The highest BCUT2D eigenvalue weighted by molar-refractivity contribution is 7.99. The highest BCUT2D eigenvalue weighted by Crippen LogP contribution is 2.35. The molecule has 35 heavy (non-hydrogen) atoms. The van der Waals surface area contributed by atoms with E-state index in [1.807, 2.05) is 30.3 Å². The molecule has 0 saturated heterocycles. The molecular formula is C25H20ClFN4O3S. The maximum absolute atomic E-state index is 13.5. The lowest BCUT2D eigenvalue weighted by Gasteiger charge is -2.14. The minimum Gasteiger partial charge on any atom is -0.493 e. The Balaban J connectivity index is 1.27. The van der Waals surface area contributed by atoms with Crippen LogP contribution < -0.4 is 14.8 Å². The number of benzene rings is 3. The fourth-order valence-corrected chi connectivity index (χ4v) is 4.39. The molecule has 0 aliphatic carbocycles. The maximum atomic E-state index is 13.5. The normalized spacial score (nSPS) is 11.2. The number of para-hydroxylation sites is 2. The van der Waals surface area contributed by atoms with Crippen molar-refractivity contribution < 1.29 is 18.3 Å². The molecule has 10 heteroatoms. The van der Waals surface area contributed by atoms with Gasteiger partial charge < -0.3 is 19.2 Å². The zero-order chi connectivity index (χ0) is 24.2. The van der Waals surface area contributed by atoms with Gasteiger partial charge in [-0.15, -0.1) is 0 Å². The minimum absolute atomic E-state index is 0.0229. The molecule has 2 heterocycles. The molecule has 0 fully saturated rings. The lowest BCUT2D eigenvalue weighted by molar-refractivity contribution is 0.296. The highest BCUT2D eigenvalue weighted by Gasteiger charge is 2.13. The van der Waals surface area contributed by atoms with Gasteiger partial charge in [-0.1, -0.05) is 35.5 Å². The van der Waals surface area contributed by atoms with Crippen LogP contribution in [0.1, 0.15) is 6.42 Å². The molecule has 0 spiro atoms. The highest BCUT2D eigenvalue weighted by atomic mass is 35.5. The van der Waals surface area contributed by atoms with Crippen molar-refractivity contribution in [1.82, 2.24) is 15.0 Å². The number of hydrogen-bond acceptors (Lipinski definition) is 8. The largest absolute Gasteiger partial charge is 0.493 e. The van der Waals surface area contributed by atoms with Crippen molar-refractivity contribution in [2.75, 3.05) is 24.8 Å². The van der Waals surface area contributed by atoms with Gasteiger partial charge in [-0.25, -0.2) is 19.3 Å². The van der Waals surface area contributed by atoms with Crippen LogP contribution in [0.5, 0.6) is 11.5 Å². The molecule has 0 bridgehead atoms. The number of thioether (sulfide) groups is 1. The lowest BCUT2D eigenvalue weighted by atomic mass is 10.2. The Morgan fingerprint density at radius 2 is 1.94 bits per heavy atom. The van der Waals surface area contributed by atoms with E-state index in [1.54, 1.807) is 31.0 Å². The van der Waals surface area contributed by atoms with Crippen LogP contribution in [0, 0.1) is 5.82 Å². The Bertz CT molecular complexity index is 1460. The second kappa shape index (κ2) is 10.4. The first-order valence-corrected chi connectivity index (χ1v) is 12.1. The van der Waals surface area contributed by atoms with Crippen molar-refractivity contribution >= 4 is 56.9 Å². The van der Waals surface area contributed by atoms with Crippen LogP contribution in [0.25, 0.3) is 22.0 Å². The third-order valence-electron chi connectivity index (χ3n) is 5.15. The van der Waals surface area contributed by atoms with Gasteiger partial charge in [0.15, 0.2) is 17.1 Å². The molecule has 5 aromatic rings. The molecule has 2 aromatic heterocycles. The number of rotatable bonds is 9. The molecule has 7 nitrogen and oxygen atoms in total. The average Bonchev–Trinajstić information content (AvgIpc) is 3.29. The van der Waals surface area contributed by atoms with E-state index in [0.717, 1.165) is 28.7 Å². The van der Waals surface area contributed by atoms with Gasteiger partial charge in [-0.3, -0.25) is 0 Å². The number of oxazole rings is 1. The van der Waals surface area contributed by atoms with Crippen LogP contribution in [0.2, 0.25) is 5.02 Å². The summed E-state index contributed by atoms with van der Waals surface area (Å²) in [7, 11) is 1.58. The number of anilines is 2. The third-order valence-corrected chi connectivity index (χ3v) is 6.35. The van der Waals surface area contributed by atoms with Gasteiger partial charge in [0.2, 0.25) is 0 Å². The molecule has 0 unspecified atom stereocenters.